The molecule has 1 N–H and O–H groups in total. The fourth-order valence-electron chi connectivity index (χ4n) is 2.08. The lowest BCUT2D eigenvalue weighted by atomic mass is 10.4. The minimum absolute atomic E-state index is 0.446. The molecule has 1 aliphatic rings. The lowest BCUT2D eigenvalue weighted by Gasteiger charge is -2.24. The normalized spacial score (nSPS) is 14.3. The topological polar surface area (TPSA) is 59.5 Å². The molecule has 20 heavy (non-hydrogen) atoms. The monoisotopic (exact) mass is 280 g/mol. The first-order valence-corrected chi connectivity index (χ1v) is 7.17. The van der Waals surface area contributed by atoms with Crippen LogP contribution in [-0.4, -0.2) is 49.9 Å². The van der Waals surface area contributed by atoms with Gasteiger partial charge >= 0.3 is 0 Å². The second-order valence-corrected chi connectivity index (χ2v) is 4.83. The second kappa shape index (κ2) is 7.40. The fraction of sp³-hybridized carbons (Fsp3) is 0.714. The second-order valence-electron chi connectivity index (χ2n) is 4.83. The molecule has 6 heteroatoms. The van der Waals surface area contributed by atoms with Gasteiger partial charge in [0.2, 0.25) is 0 Å². The Morgan fingerprint density at radius 2 is 2.20 bits per heavy atom. The van der Waals surface area contributed by atoms with Crippen LogP contribution in [0.25, 0.3) is 0 Å². The summed E-state index contributed by atoms with van der Waals surface area (Å²) in [6.07, 6.45) is 2.45. The van der Waals surface area contributed by atoms with Gasteiger partial charge in [-0.1, -0.05) is 0 Å². The molecule has 0 unspecified atom stereocenters. The molecule has 1 aromatic rings. The van der Waals surface area contributed by atoms with E-state index < -0.39 is 0 Å². The van der Waals surface area contributed by atoms with Crippen molar-refractivity contribution in [3.05, 3.63) is 11.9 Å². The Morgan fingerprint density at radius 1 is 1.40 bits per heavy atom. The highest BCUT2D eigenvalue weighted by Gasteiger charge is 2.30. The zero-order chi connectivity index (χ0) is 14.4. The number of rotatable bonds is 9. The van der Waals surface area contributed by atoms with Gasteiger partial charge in [-0.05, 0) is 19.8 Å². The quantitative estimate of drug-likeness (QED) is 0.742. The van der Waals surface area contributed by atoms with Crippen LogP contribution in [0, 0.1) is 0 Å². The highest BCUT2D eigenvalue weighted by molar-refractivity contribution is 5.50. The summed E-state index contributed by atoms with van der Waals surface area (Å²) in [6.45, 7) is 4.64. The van der Waals surface area contributed by atoms with E-state index >= 15 is 0 Å². The predicted octanol–water partition coefficient (Wildman–Crippen LogP) is 1.67. The molecule has 0 bridgehead atoms. The molecular formula is C14H24N4O2. The van der Waals surface area contributed by atoms with Crippen molar-refractivity contribution in [2.45, 2.75) is 32.4 Å². The van der Waals surface area contributed by atoms with E-state index in [9.17, 15) is 0 Å². The Bertz CT molecular complexity index is 424. The van der Waals surface area contributed by atoms with Gasteiger partial charge in [-0.2, -0.15) is 0 Å². The number of aromatic nitrogens is 2. The zero-order valence-electron chi connectivity index (χ0n) is 12.6. The summed E-state index contributed by atoms with van der Waals surface area (Å²) in [4.78, 5) is 11.4. The summed E-state index contributed by atoms with van der Waals surface area (Å²) in [5, 5.41) is 3.09. The van der Waals surface area contributed by atoms with Crippen LogP contribution in [0.2, 0.25) is 0 Å². The van der Waals surface area contributed by atoms with E-state index in [0.29, 0.717) is 25.9 Å². The highest BCUT2D eigenvalue weighted by Crippen LogP contribution is 2.31. The molecule has 1 fully saturated rings. The van der Waals surface area contributed by atoms with E-state index in [-0.39, 0.29) is 0 Å². The first-order valence-electron chi connectivity index (χ1n) is 7.17. The van der Waals surface area contributed by atoms with E-state index in [1.807, 2.05) is 20.0 Å². The highest BCUT2D eigenvalue weighted by atomic mass is 16.5. The van der Waals surface area contributed by atoms with Crippen LogP contribution in [-0.2, 0) is 16.1 Å². The van der Waals surface area contributed by atoms with E-state index in [1.165, 1.54) is 12.8 Å². The number of nitrogens with zero attached hydrogens (tertiary/aromatic N) is 3. The number of anilines is 2. The van der Waals surface area contributed by atoms with E-state index in [4.69, 9.17) is 9.47 Å². The summed E-state index contributed by atoms with van der Waals surface area (Å²) in [7, 11) is 3.60. The molecule has 1 saturated carbocycles. The average Bonchev–Trinajstić information content (AvgIpc) is 3.30. The van der Waals surface area contributed by atoms with Crippen LogP contribution < -0.4 is 10.2 Å². The third-order valence-electron chi connectivity index (χ3n) is 3.27. The van der Waals surface area contributed by atoms with Crippen molar-refractivity contribution in [3.8, 4) is 0 Å². The van der Waals surface area contributed by atoms with Gasteiger partial charge in [0.15, 0.2) is 5.82 Å². The zero-order valence-corrected chi connectivity index (χ0v) is 12.6. The van der Waals surface area contributed by atoms with Crippen LogP contribution in [0.3, 0.4) is 0 Å². The Balaban J connectivity index is 2.18. The molecule has 2 rings (SSSR count). The van der Waals surface area contributed by atoms with Gasteiger partial charge in [0.05, 0.1) is 6.61 Å². The molecular weight excluding hydrogens is 256 g/mol. The summed E-state index contributed by atoms with van der Waals surface area (Å²) < 4.78 is 10.6. The Kier molecular flexibility index (Phi) is 5.55. The summed E-state index contributed by atoms with van der Waals surface area (Å²) in [6, 6.07) is 2.58. The lowest BCUT2D eigenvalue weighted by molar-refractivity contribution is 0.128. The molecule has 1 aliphatic carbocycles. The van der Waals surface area contributed by atoms with Gasteiger partial charge in [0.25, 0.3) is 0 Å². The van der Waals surface area contributed by atoms with Crippen LogP contribution >= 0.6 is 0 Å². The number of ether oxygens (including phenoxy) is 2. The first kappa shape index (κ1) is 15.0. The molecule has 0 amide bonds. The molecule has 0 aromatic carbocycles. The van der Waals surface area contributed by atoms with Crippen LogP contribution in [0.5, 0.6) is 0 Å². The van der Waals surface area contributed by atoms with E-state index in [0.717, 1.165) is 24.0 Å². The Morgan fingerprint density at radius 3 is 2.80 bits per heavy atom. The Hall–Kier alpha value is -1.40. The van der Waals surface area contributed by atoms with Crippen LogP contribution in [0.4, 0.5) is 11.6 Å². The standard InChI is InChI=1S/C14H24N4O2/c1-4-20-10-13-16-12(15-2)9-14(17-13)18(7-8-19-3)11-5-6-11/h9,11H,4-8,10H2,1-3H3,(H,15,16,17). The maximum Gasteiger partial charge on any atom is 0.158 e. The lowest BCUT2D eigenvalue weighted by Crippen LogP contribution is -2.30. The number of hydrogen-bond acceptors (Lipinski definition) is 6. The summed E-state index contributed by atoms with van der Waals surface area (Å²) in [5.74, 6) is 2.50. The van der Waals surface area contributed by atoms with Crippen LogP contribution in [0.15, 0.2) is 6.07 Å². The molecule has 0 atom stereocenters. The number of hydrogen-bond donors (Lipinski definition) is 1. The van der Waals surface area contributed by atoms with Crippen molar-refractivity contribution in [2.75, 3.05) is 44.1 Å². The van der Waals surface area contributed by atoms with Gasteiger partial charge < -0.3 is 19.7 Å². The summed E-state index contributed by atoms with van der Waals surface area (Å²) in [5.41, 5.74) is 0. The van der Waals surface area contributed by atoms with Crippen molar-refractivity contribution < 1.29 is 9.47 Å². The maximum absolute atomic E-state index is 5.42. The predicted molar refractivity (Wildman–Crippen MR) is 79.2 cm³/mol. The van der Waals surface area contributed by atoms with E-state index in [2.05, 4.69) is 20.2 Å². The van der Waals surface area contributed by atoms with E-state index in [1.54, 1.807) is 7.11 Å². The molecule has 0 spiro atoms. The fourth-order valence-corrected chi connectivity index (χ4v) is 2.08. The minimum Gasteiger partial charge on any atom is -0.383 e. The molecule has 1 heterocycles. The molecule has 0 radical (unpaired) electrons. The smallest absolute Gasteiger partial charge is 0.158 e. The maximum atomic E-state index is 5.42. The third-order valence-corrected chi connectivity index (χ3v) is 3.27. The van der Waals surface area contributed by atoms with Crippen molar-refractivity contribution in [1.82, 2.24) is 9.97 Å². The van der Waals surface area contributed by atoms with Crippen LogP contribution in [0.1, 0.15) is 25.6 Å². The molecule has 112 valence electrons. The largest absolute Gasteiger partial charge is 0.383 e. The SMILES string of the molecule is CCOCc1nc(NC)cc(N(CCOC)C2CC2)n1. The summed E-state index contributed by atoms with van der Waals surface area (Å²) >= 11 is 0. The third kappa shape index (κ3) is 4.05. The van der Waals surface area contributed by atoms with Crippen molar-refractivity contribution in [1.29, 1.82) is 0 Å². The molecule has 1 aromatic heterocycles. The average molecular weight is 280 g/mol. The molecule has 0 aliphatic heterocycles. The van der Waals surface area contributed by atoms with Crippen molar-refractivity contribution in [2.24, 2.45) is 0 Å². The van der Waals surface area contributed by atoms with Gasteiger partial charge in [-0.15, -0.1) is 0 Å². The van der Waals surface area contributed by atoms with Crippen molar-refractivity contribution in [3.63, 3.8) is 0 Å². The number of nitrogens with one attached hydrogen (secondary N) is 1. The van der Waals surface area contributed by atoms with Gasteiger partial charge in [-0.3, -0.25) is 0 Å². The first-order chi connectivity index (χ1) is 9.78. The Labute approximate surface area is 120 Å². The van der Waals surface area contributed by atoms with Gasteiger partial charge in [-0.25, -0.2) is 9.97 Å². The molecule has 6 nitrogen and oxygen atoms in total. The van der Waals surface area contributed by atoms with Gasteiger partial charge in [0.1, 0.15) is 18.2 Å². The number of methoxy groups -OCH3 is 1. The minimum atomic E-state index is 0.446. The van der Waals surface area contributed by atoms with Crippen molar-refractivity contribution >= 4 is 11.6 Å². The van der Waals surface area contributed by atoms with Gasteiger partial charge in [0, 0.05) is 39.4 Å². The molecule has 0 saturated heterocycles.